The van der Waals surface area contributed by atoms with Crippen LogP contribution in [-0.2, 0) is 20.2 Å². The van der Waals surface area contributed by atoms with Crippen LogP contribution in [-0.4, -0.2) is 49.3 Å². The van der Waals surface area contributed by atoms with Crippen LogP contribution in [0.5, 0.6) is 0 Å². The summed E-state index contributed by atoms with van der Waals surface area (Å²) in [6.07, 6.45) is 1.35. The number of sulfonamides is 1. The van der Waals surface area contributed by atoms with E-state index < -0.39 is 10.0 Å². The number of hydrogen-bond donors (Lipinski definition) is 1. The van der Waals surface area contributed by atoms with E-state index in [9.17, 15) is 13.2 Å². The average molecular weight is 399 g/mol. The van der Waals surface area contributed by atoms with Crippen LogP contribution < -0.4 is 5.32 Å². The lowest BCUT2D eigenvalue weighted by Gasteiger charge is -2.31. The molecule has 1 aromatic rings. The van der Waals surface area contributed by atoms with Crippen molar-refractivity contribution in [3.8, 4) is 0 Å². The number of nitrogens with zero attached hydrogens (tertiary/aromatic N) is 1. The van der Waals surface area contributed by atoms with Gasteiger partial charge in [0.1, 0.15) is 0 Å². The van der Waals surface area contributed by atoms with Crippen LogP contribution in [0.15, 0.2) is 29.2 Å². The molecule has 0 aromatic heterocycles. The molecule has 5 nitrogen and oxygen atoms in total. The minimum Gasteiger partial charge on any atom is -0.353 e. The first-order chi connectivity index (χ1) is 12.1. The number of carbonyl (C=O) groups excluding carboxylic acids is 1. The topological polar surface area (TPSA) is 66.5 Å². The second-order valence-electron chi connectivity index (χ2n) is 7.70. The van der Waals surface area contributed by atoms with Gasteiger partial charge in [-0.15, -0.1) is 11.8 Å². The van der Waals surface area contributed by atoms with E-state index in [1.807, 2.05) is 0 Å². The number of benzene rings is 1. The highest BCUT2D eigenvalue weighted by molar-refractivity contribution is 8.00. The molecule has 1 saturated heterocycles. The fraction of sp³-hybridized carbons (Fsp3) is 0.632. The van der Waals surface area contributed by atoms with Crippen molar-refractivity contribution in [3.63, 3.8) is 0 Å². The maximum absolute atomic E-state index is 12.2. The predicted molar refractivity (Wildman–Crippen MR) is 108 cm³/mol. The third-order valence-corrected chi connectivity index (χ3v) is 7.56. The van der Waals surface area contributed by atoms with Crippen molar-refractivity contribution in [1.82, 2.24) is 9.62 Å². The Morgan fingerprint density at radius 2 is 1.77 bits per heavy atom. The Hall–Kier alpha value is -1.05. The van der Waals surface area contributed by atoms with E-state index >= 15 is 0 Å². The van der Waals surface area contributed by atoms with Gasteiger partial charge in [-0.05, 0) is 42.9 Å². The molecule has 0 unspecified atom stereocenters. The summed E-state index contributed by atoms with van der Waals surface area (Å²) in [5.74, 6) is 0.517. The Bertz CT molecular complexity index is 701. The van der Waals surface area contributed by atoms with Crippen LogP contribution >= 0.6 is 11.8 Å². The van der Waals surface area contributed by atoms with E-state index in [1.54, 1.807) is 6.92 Å². The molecule has 0 radical (unpaired) electrons. The minimum atomic E-state index is -3.12. The van der Waals surface area contributed by atoms with Gasteiger partial charge in [-0.1, -0.05) is 32.9 Å². The number of rotatable bonds is 6. The molecule has 1 amide bonds. The Morgan fingerprint density at radius 1 is 1.19 bits per heavy atom. The van der Waals surface area contributed by atoms with Gasteiger partial charge in [0.25, 0.3) is 0 Å². The Labute approximate surface area is 162 Å². The van der Waals surface area contributed by atoms with E-state index in [4.69, 9.17) is 0 Å². The molecule has 1 heterocycles. The molecular formula is C19H30N2O3S2. The third kappa shape index (κ3) is 5.99. The van der Waals surface area contributed by atoms with Crippen LogP contribution in [0.4, 0.5) is 0 Å². The van der Waals surface area contributed by atoms with Crippen molar-refractivity contribution in [2.45, 2.75) is 56.9 Å². The van der Waals surface area contributed by atoms with Crippen molar-refractivity contribution < 1.29 is 13.2 Å². The quantitative estimate of drug-likeness (QED) is 0.748. The van der Waals surface area contributed by atoms with Gasteiger partial charge >= 0.3 is 0 Å². The first-order valence-electron chi connectivity index (χ1n) is 9.12. The second kappa shape index (κ2) is 8.76. The summed E-state index contributed by atoms with van der Waals surface area (Å²) in [7, 11) is -3.12. The largest absolute Gasteiger partial charge is 0.353 e. The van der Waals surface area contributed by atoms with Crippen molar-refractivity contribution in [1.29, 1.82) is 0 Å². The van der Waals surface area contributed by atoms with Crippen LogP contribution in [0.1, 0.15) is 46.1 Å². The molecule has 1 aromatic carbocycles. The number of hydrogen-bond acceptors (Lipinski definition) is 4. The standard InChI is InChI=1S/C19H30N2O3S2/c1-5-26(23,24)21-12-10-16(11-13-21)20-18(22)14-25-17-8-6-15(7-9-17)19(2,3)4/h6-9,16H,5,10-14H2,1-4H3,(H,20,22). The molecule has 0 atom stereocenters. The molecule has 1 N–H and O–H groups in total. The Kier molecular flexibility index (Phi) is 7.16. The normalized spacial score (nSPS) is 17.2. The van der Waals surface area contributed by atoms with E-state index in [0.717, 1.165) is 4.90 Å². The Balaban J connectivity index is 1.76. The summed E-state index contributed by atoms with van der Waals surface area (Å²) in [5.41, 5.74) is 1.40. The van der Waals surface area contributed by atoms with Gasteiger partial charge in [0.15, 0.2) is 0 Å². The molecule has 0 aliphatic carbocycles. The maximum Gasteiger partial charge on any atom is 0.230 e. The Morgan fingerprint density at radius 3 is 2.27 bits per heavy atom. The number of amides is 1. The predicted octanol–water partition coefficient (Wildman–Crippen LogP) is 3.01. The summed E-state index contributed by atoms with van der Waals surface area (Å²) in [4.78, 5) is 13.3. The minimum absolute atomic E-state index is 0.00620. The molecule has 0 saturated carbocycles. The van der Waals surface area contributed by atoms with E-state index in [0.29, 0.717) is 31.7 Å². The van der Waals surface area contributed by atoms with E-state index in [-0.39, 0.29) is 23.1 Å². The van der Waals surface area contributed by atoms with E-state index in [2.05, 4.69) is 50.4 Å². The number of carbonyl (C=O) groups is 1. The molecule has 0 bridgehead atoms. The molecular weight excluding hydrogens is 368 g/mol. The zero-order valence-corrected chi connectivity index (χ0v) is 17.8. The molecule has 0 spiro atoms. The summed E-state index contributed by atoms with van der Waals surface area (Å²) in [6, 6.07) is 8.42. The lowest BCUT2D eigenvalue weighted by atomic mass is 9.87. The van der Waals surface area contributed by atoms with Gasteiger partial charge in [0.05, 0.1) is 11.5 Å². The van der Waals surface area contributed by atoms with E-state index in [1.165, 1.54) is 21.6 Å². The van der Waals surface area contributed by atoms with Gasteiger partial charge < -0.3 is 5.32 Å². The van der Waals surface area contributed by atoms with Gasteiger partial charge in [0.2, 0.25) is 15.9 Å². The first kappa shape index (κ1) is 21.3. The number of thioether (sulfide) groups is 1. The fourth-order valence-corrected chi connectivity index (χ4v) is 4.77. The molecule has 26 heavy (non-hydrogen) atoms. The van der Waals surface area contributed by atoms with Gasteiger partial charge in [-0.25, -0.2) is 12.7 Å². The number of piperidine rings is 1. The third-order valence-electron chi connectivity index (χ3n) is 4.67. The molecule has 1 aliphatic heterocycles. The average Bonchev–Trinajstić information content (AvgIpc) is 2.60. The highest BCUT2D eigenvalue weighted by Gasteiger charge is 2.27. The monoisotopic (exact) mass is 398 g/mol. The van der Waals surface area contributed by atoms with Crippen molar-refractivity contribution in [2.24, 2.45) is 0 Å². The van der Waals surface area contributed by atoms with Crippen LogP contribution in [0.3, 0.4) is 0 Å². The molecule has 1 fully saturated rings. The summed E-state index contributed by atoms with van der Waals surface area (Å²) < 4.78 is 25.3. The maximum atomic E-state index is 12.2. The van der Waals surface area contributed by atoms with Crippen molar-refractivity contribution >= 4 is 27.7 Å². The highest BCUT2D eigenvalue weighted by atomic mass is 32.2. The zero-order chi connectivity index (χ0) is 19.4. The van der Waals surface area contributed by atoms with Gasteiger partial charge in [-0.2, -0.15) is 0 Å². The van der Waals surface area contributed by atoms with Gasteiger partial charge in [-0.3, -0.25) is 4.79 Å². The molecule has 7 heteroatoms. The molecule has 1 aliphatic rings. The summed E-state index contributed by atoms with van der Waals surface area (Å²) in [5, 5.41) is 3.03. The zero-order valence-electron chi connectivity index (χ0n) is 16.1. The lowest BCUT2D eigenvalue weighted by molar-refractivity contribution is -0.119. The second-order valence-corrected chi connectivity index (χ2v) is 11.0. The summed E-state index contributed by atoms with van der Waals surface area (Å²) in [6.45, 7) is 9.18. The smallest absolute Gasteiger partial charge is 0.230 e. The summed E-state index contributed by atoms with van der Waals surface area (Å²) >= 11 is 1.53. The van der Waals surface area contributed by atoms with Crippen LogP contribution in [0, 0.1) is 0 Å². The molecule has 2 rings (SSSR count). The van der Waals surface area contributed by atoms with Crippen LogP contribution in [0.2, 0.25) is 0 Å². The van der Waals surface area contributed by atoms with Crippen molar-refractivity contribution in [2.75, 3.05) is 24.6 Å². The van der Waals surface area contributed by atoms with Crippen LogP contribution in [0.25, 0.3) is 0 Å². The molecule has 146 valence electrons. The number of nitrogens with one attached hydrogen (secondary N) is 1. The highest BCUT2D eigenvalue weighted by Crippen LogP contribution is 2.25. The first-order valence-corrected chi connectivity index (χ1v) is 11.7. The SMILES string of the molecule is CCS(=O)(=O)N1CCC(NC(=O)CSc2ccc(C(C)(C)C)cc2)CC1. The lowest BCUT2D eigenvalue weighted by Crippen LogP contribution is -2.47. The van der Waals surface area contributed by atoms with Crippen molar-refractivity contribution in [3.05, 3.63) is 29.8 Å². The van der Waals surface area contributed by atoms with Gasteiger partial charge in [0, 0.05) is 24.0 Å². The fourth-order valence-electron chi connectivity index (χ4n) is 2.93.